The van der Waals surface area contributed by atoms with E-state index in [4.69, 9.17) is 15.0 Å². The molecule has 13 heavy (non-hydrogen) atoms. The average Bonchev–Trinajstić information content (AvgIpc) is 2.05. The van der Waals surface area contributed by atoms with Gasteiger partial charge >= 0.3 is 120 Å². The summed E-state index contributed by atoms with van der Waals surface area (Å²) in [5.74, 6) is 0. The molecule has 0 spiro atoms. The number of benzene rings is 1. The quantitative estimate of drug-likeness (QED) is 0.804. The fraction of sp³-hybridized carbons (Fsp3) is 0.125. The standard InChI is InChI=1S/C7H6Br.CH2O3.Cs/c1-6-2-4-7(8)5-3-6;2-1(3)4;/h2-5H,1H2;(H2,2,3,4);. The number of halogens is 1. The monoisotopic (exact) mass is 364 g/mol. The van der Waals surface area contributed by atoms with E-state index in [1.54, 1.807) is 0 Å². The zero-order chi connectivity index (χ0) is 10.3. The van der Waals surface area contributed by atoms with Gasteiger partial charge in [-0.2, -0.15) is 0 Å². The molecule has 1 aromatic rings. The van der Waals surface area contributed by atoms with E-state index in [9.17, 15) is 0 Å². The molecule has 0 heterocycles. The van der Waals surface area contributed by atoms with Crippen molar-refractivity contribution < 1.29 is 15.0 Å². The maximum Gasteiger partial charge on any atom is 0.503 e. The molecular formula is C8H8BrCsO3. The molecule has 5 heteroatoms. The van der Waals surface area contributed by atoms with Crippen molar-refractivity contribution in [2.24, 2.45) is 0 Å². The summed E-state index contributed by atoms with van der Waals surface area (Å²) in [6.45, 7) is 0. The number of hydrogen-bond donors (Lipinski definition) is 2. The van der Waals surface area contributed by atoms with Gasteiger partial charge in [-0.15, -0.1) is 0 Å². The van der Waals surface area contributed by atoms with E-state index in [-0.39, 0.29) is 0 Å². The first-order valence-electron chi connectivity index (χ1n) is 3.72. The Kier molecular flexibility index (Phi) is 9.00. The molecule has 0 radical (unpaired) electrons. The molecule has 2 N–H and O–H groups in total. The average molecular weight is 365 g/mol. The third-order valence-electron chi connectivity index (χ3n) is 1.32. The molecule has 0 unspecified atom stereocenters. The van der Waals surface area contributed by atoms with Crippen molar-refractivity contribution in [3.63, 3.8) is 0 Å². The molecule has 0 bridgehead atoms. The van der Waals surface area contributed by atoms with E-state index in [1.807, 2.05) is 0 Å². The van der Waals surface area contributed by atoms with Gasteiger partial charge in [0.15, 0.2) is 0 Å². The van der Waals surface area contributed by atoms with Crippen molar-refractivity contribution in [3.8, 4) is 0 Å². The third kappa shape index (κ3) is 9.33. The van der Waals surface area contributed by atoms with Crippen molar-refractivity contribution in [1.29, 1.82) is 0 Å². The van der Waals surface area contributed by atoms with Crippen LogP contribution in [0.3, 0.4) is 0 Å². The van der Waals surface area contributed by atoms with Crippen LogP contribution >= 0.6 is 15.9 Å². The van der Waals surface area contributed by atoms with Gasteiger partial charge in [-0.1, -0.05) is 0 Å². The first kappa shape index (κ1) is 14.0. The van der Waals surface area contributed by atoms with Crippen molar-refractivity contribution in [1.82, 2.24) is 0 Å². The van der Waals surface area contributed by atoms with Crippen LogP contribution in [-0.4, -0.2) is 82.3 Å². The molecule has 0 atom stereocenters. The second-order valence-corrected chi connectivity index (χ2v) is 5.40. The summed E-state index contributed by atoms with van der Waals surface area (Å²) in [6, 6.07) is 8.58. The van der Waals surface area contributed by atoms with Gasteiger partial charge in [-0.25, -0.2) is 4.79 Å². The van der Waals surface area contributed by atoms with E-state index in [0.29, 0.717) is 0 Å². The van der Waals surface area contributed by atoms with Gasteiger partial charge in [0.25, 0.3) is 0 Å². The molecule has 0 aromatic heterocycles. The molecular weight excluding hydrogens is 357 g/mol. The fourth-order valence-electron chi connectivity index (χ4n) is 0.720. The van der Waals surface area contributed by atoms with Crippen LogP contribution in [0.4, 0.5) is 4.79 Å². The van der Waals surface area contributed by atoms with Crippen molar-refractivity contribution >= 4 is 88.0 Å². The van der Waals surface area contributed by atoms with Crippen LogP contribution in [-0.2, 0) is -2.15 Å². The zero-order valence-corrected chi connectivity index (χ0v) is 15.1. The number of hydrogen-bond acceptors (Lipinski definition) is 1. The van der Waals surface area contributed by atoms with Gasteiger partial charge in [0.2, 0.25) is 0 Å². The predicted octanol–water partition coefficient (Wildman–Crippen LogP) is 2.34. The number of rotatable bonds is 1. The molecule has 66 valence electrons. The number of carboxylic acid groups (broad SMARTS) is 2. The molecule has 0 saturated heterocycles. The Morgan fingerprint density at radius 1 is 1.31 bits per heavy atom. The summed E-state index contributed by atoms with van der Waals surface area (Å²) >= 11 is 4.11. The van der Waals surface area contributed by atoms with Crippen LogP contribution in [0.2, 0.25) is 0 Å². The fourth-order valence-corrected chi connectivity index (χ4v) is 2.46. The van der Waals surface area contributed by atoms with E-state index >= 15 is 0 Å². The maximum absolute atomic E-state index is 8.56. The van der Waals surface area contributed by atoms with Crippen LogP contribution in [0.5, 0.6) is 0 Å². The Hall–Kier alpha value is 1.02. The first-order chi connectivity index (χ1) is 6.06. The SMILES string of the molecule is Brc1ccc([CH2][Cs])cc1.O=C(O)O. The minimum absolute atomic E-state index is 0.721. The molecule has 0 aliphatic carbocycles. The summed E-state index contributed by atoms with van der Waals surface area (Å²) in [7, 11) is 0. The summed E-state index contributed by atoms with van der Waals surface area (Å²) in [6.07, 6.45) is -1.83. The Balaban J connectivity index is 0.000000310. The van der Waals surface area contributed by atoms with Gasteiger partial charge in [0.05, 0.1) is 0 Å². The van der Waals surface area contributed by atoms with E-state index in [2.05, 4.69) is 40.2 Å². The van der Waals surface area contributed by atoms with Gasteiger partial charge < -0.3 is 10.2 Å². The first-order valence-corrected chi connectivity index (χ1v) is 8.96. The predicted molar refractivity (Wildman–Crippen MR) is 54.3 cm³/mol. The van der Waals surface area contributed by atoms with Crippen LogP contribution in [0, 0.1) is 0 Å². The van der Waals surface area contributed by atoms with E-state index in [1.165, 1.54) is 7.88 Å². The molecule has 1 aromatic carbocycles. The number of carbonyl (C=O) groups is 1. The summed E-state index contributed by atoms with van der Waals surface area (Å²) < 4.78 is 2.52. The second kappa shape index (κ2) is 8.34. The van der Waals surface area contributed by atoms with Crippen molar-refractivity contribution in [3.05, 3.63) is 34.3 Å². The van der Waals surface area contributed by atoms with Crippen LogP contribution in [0.1, 0.15) is 5.56 Å². The van der Waals surface area contributed by atoms with Crippen LogP contribution in [0.25, 0.3) is 0 Å². The van der Waals surface area contributed by atoms with Gasteiger partial charge in [-0.05, 0) is 0 Å². The van der Waals surface area contributed by atoms with Crippen molar-refractivity contribution in [2.75, 3.05) is 0 Å². The Morgan fingerprint density at radius 2 is 1.69 bits per heavy atom. The second-order valence-electron chi connectivity index (χ2n) is 2.26. The van der Waals surface area contributed by atoms with Gasteiger partial charge in [0, 0.05) is 0 Å². The minimum Gasteiger partial charge on any atom is -0.450 e. The Morgan fingerprint density at radius 3 is 2.00 bits per heavy atom. The summed E-state index contributed by atoms with van der Waals surface area (Å²) in [4.78, 5) is 8.56. The van der Waals surface area contributed by atoms with Crippen LogP contribution in [0.15, 0.2) is 28.7 Å². The maximum atomic E-state index is 8.56. The van der Waals surface area contributed by atoms with E-state index < -0.39 is 6.16 Å². The molecule has 3 nitrogen and oxygen atoms in total. The molecule has 0 aliphatic heterocycles. The largest absolute Gasteiger partial charge is 0.503 e. The molecule has 0 fully saturated rings. The topological polar surface area (TPSA) is 57.5 Å². The van der Waals surface area contributed by atoms with Gasteiger partial charge in [0.1, 0.15) is 0 Å². The Bertz CT molecular complexity index is 257. The molecule has 1 rings (SSSR count). The van der Waals surface area contributed by atoms with Crippen molar-refractivity contribution in [2.45, 2.75) is -2.15 Å². The van der Waals surface area contributed by atoms with Crippen LogP contribution < -0.4 is 0 Å². The molecule has 0 saturated carbocycles. The third-order valence-corrected chi connectivity index (χ3v) is 4.41. The van der Waals surface area contributed by atoms with Gasteiger partial charge in [-0.3, -0.25) is 0 Å². The summed E-state index contributed by atoms with van der Waals surface area (Å²) in [5, 5.41) is 13.9. The Labute approximate surface area is 132 Å². The normalized spacial score (nSPS) is 8.54. The smallest absolute Gasteiger partial charge is 0.450 e. The van der Waals surface area contributed by atoms with E-state index in [0.717, 1.165) is 65.9 Å². The zero-order valence-electron chi connectivity index (χ0n) is 7.20. The minimum atomic E-state index is -1.83. The molecule has 0 amide bonds. The molecule has 0 aliphatic rings. The summed E-state index contributed by atoms with van der Waals surface area (Å²) in [5.41, 5.74) is 1.49.